The van der Waals surface area contributed by atoms with Gasteiger partial charge in [0.2, 0.25) is 15.9 Å². The molecule has 0 bridgehead atoms. The van der Waals surface area contributed by atoms with Crippen LogP contribution in [0.3, 0.4) is 0 Å². The number of nitrogens with zero attached hydrogens (tertiary/aromatic N) is 3. The van der Waals surface area contributed by atoms with Crippen molar-refractivity contribution in [2.45, 2.75) is 38.9 Å². The van der Waals surface area contributed by atoms with Crippen molar-refractivity contribution in [2.75, 3.05) is 18.0 Å². The lowest BCUT2D eigenvalue weighted by molar-refractivity contribution is -0.140. The number of hydrogen-bond donors (Lipinski definition) is 1. The van der Waals surface area contributed by atoms with Crippen LogP contribution in [0.4, 0.5) is 5.69 Å². The summed E-state index contributed by atoms with van der Waals surface area (Å²) in [5.41, 5.74) is 8.35. The molecule has 1 aliphatic rings. The van der Waals surface area contributed by atoms with Gasteiger partial charge in [0, 0.05) is 41.3 Å². The predicted molar refractivity (Wildman–Crippen MR) is 129 cm³/mol. The van der Waals surface area contributed by atoms with Gasteiger partial charge in [-0.15, -0.1) is 11.3 Å². The molecular weight excluding hydrogens is 468 g/mol. The van der Waals surface area contributed by atoms with Crippen LogP contribution in [0.1, 0.15) is 24.3 Å². The second-order valence-electron chi connectivity index (χ2n) is 8.10. The minimum Gasteiger partial charge on any atom is -0.398 e. The standard InChI is InChI=1S/C22H25ClN4O3S2/c1-14-12-26(13-16-3-5-18-19(24)7-9-25-20(18)11-16)22(28)15(2)27(14)32(29,30)10-8-17-4-6-21(23)31-17/h3-7,9,11,14-15H,8,10,12-13H2,1-2H3,(H2,24,25)/t14-,15+/m1/s1. The van der Waals surface area contributed by atoms with E-state index >= 15 is 0 Å². The second kappa shape index (κ2) is 8.97. The molecule has 0 saturated carbocycles. The number of aryl methyl sites for hydroxylation is 1. The third-order valence-corrected chi connectivity index (χ3v) is 9.07. The Hall–Kier alpha value is -2.20. The van der Waals surface area contributed by atoms with Crippen LogP contribution in [0.15, 0.2) is 42.6 Å². The van der Waals surface area contributed by atoms with Gasteiger partial charge in [-0.05, 0) is 50.1 Å². The number of halogens is 1. The highest BCUT2D eigenvalue weighted by Gasteiger charge is 2.42. The van der Waals surface area contributed by atoms with E-state index in [1.165, 1.54) is 15.6 Å². The minimum absolute atomic E-state index is 0.0520. The number of aromatic nitrogens is 1. The quantitative estimate of drug-likeness (QED) is 0.567. The average Bonchev–Trinajstić information content (AvgIpc) is 3.16. The Morgan fingerprint density at radius 1 is 1.22 bits per heavy atom. The van der Waals surface area contributed by atoms with Gasteiger partial charge in [0.1, 0.15) is 6.04 Å². The number of amides is 1. The van der Waals surface area contributed by atoms with E-state index < -0.39 is 16.1 Å². The largest absolute Gasteiger partial charge is 0.398 e. The number of nitrogen functional groups attached to an aromatic ring is 1. The van der Waals surface area contributed by atoms with Crippen LogP contribution in [0, 0.1) is 0 Å². The summed E-state index contributed by atoms with van der Waals surface area (Å²) in [6.07, 6.45) is 2.03. The van der Waals surface area contributed by atoms with Gasteiger partial charge in [0.25, 0.3) is 0 Å². The minimum atomic E-state index is -3.61. The van der Waals surface area contributed by atoms with Gasteiger partial charge in [-0.25, -0.2) is 8.42 Å². The number of carbonyl (C=O) groups excluding carboxylic acids is 1. The fourth-order valence-electron chi connectivity index (χ4n) is 4.26. The van der Waals surface area contributed by atoms with E-state index in [1.54, 1.807) is 30.2 Å². The Labute approximate surface area is 196 Å². The Morgan fingerprint density at radius 2 is 2.00 bits per heavy atom. The molecule has 3 aromatic rings. The summed E-state index contributed by atoms with van der Waals surface area (Å²) in [7, 11) is -3.61. The van der Waals surface area contributed by atoms with E-state index in [4.69, 9.17) is 17.3 Å². The molecular formula is C22H25ClN4O3S2. The van der Waals surface area contributed by atoms with Crippen molar-refractivity contribution in [3.05, 3.63) is 57.4 Å². The lowest BCUT2D eigenvalue weighted by atomic mass is 10.1. The third kappa shape index (κ3) is 4.61. The van der Waals surface area contributed by atoms with Gasteiger partial charge in [0.15, 0.2) is 0 Å². The zero-order valence-corrected chi connectivity index (χ0v) is 20.3. The smallest absolute Gasteiger partial charge is 0.241 e. The lowest BCUT2D eigenvalue weighted by Crippen LogP contribution is -2.61. The van der Waals surface area contributed by atoms with Crippen LogP contribution < -0.4 is 5.73 Å². The number of carbonyl (C=O) groups is 1. The molecule has 0 unspecified atom stereocenters. The molecule has 0 aliphatic carbocycles. The topological polar surface area (TPSA) is 96.6 Å². The maximum absolute atomic E-state index is 13.1. The maximum atomic E-state index is 13.1. The van der Waals surface area contributed by atoms with Gasteiger partial charge in [-0.1, -0.05) is 23.7 Å². The molecule has 32 heavy (non-hydrogen) atoms. The number of benzene rings is 1. The number of nitrogens with two attached hydrogens (primary N) is 1. The average molecular weight is 493 g/mol. The maximum Gasteiger partial charge on any atom is 0.241 e. The van der Waals surface area contributed by atoms with Crippen LogP contribution in [-0.4, -0.2) is 52.9 Å². The van der Waals surface area contributed by atoms with Crippen LogP contribution in [0.25, 0.3) is 10.9 Å². The first-order valence-electron chi connectivity index (χ1n) is 10.3. The summed E-state index contributed by atoms with van der Waals surface area (Å²) in [6.45, 7) is 4.22. The summed E-state index contributed by atoms with van der Waals surface area (Å²) in [6, 6.07) is 10.0. The zero-order valence-electron chi connectivity index (χ0n) is 17.9. The van der Waals surface area contributed by atoms with E-state index in [2.05, 4.69) is 4.98 Å². The lowest BCUT2D eigenvalue weighted by Gasteiger charge is -2.42. The van der Waals surface area contributed by atoms with Gasteiger partial charge in [0.05, 0.1) is 15.6 Å². The number of pyridine rings is 1. The summed E-state index contributed by atoms with van der Waals surface area (Å²) in [5.74, 6) is -0.254. The van der Waals surface area contributed by atoms with Gasteiger partial charge >= 0.3 is 0 Å². The van der Waals surface area contributed by atoms with E-state index in [0.29, 0.717) is 29.5 Å². The number of anilines is 1. The van der Waals surface area contributed by atoms with E-state index in [9.17, 15) is 13.2 Å². The molecule has 1 aliphatic heterocycles. The summed E-state index contributed by atoms with van der Waals surface area (Å²) in [5, 5.41) is 0.868. The van der Waals surface area contributed by atoms with Gasteiger partial charge in [-0.2, -0.15) is 4.31 Å². The number of thiophene rings is 1. The first-order chi connectivity index (χ1) is 15.2. The fourth-order valence-corrected chi connectivity index (χ4v) is 7.35. The second-order valence-corrected chi connectivity index (χ2v) is 11.9. The Balaban J connectivity index is 1.48. The molecule has 2 aromatic heterocycles. The third-order valence-electron chi connectivity index (χ3n) is 5.74. The molecule has 3 heterocycles. The first kappa shape index (κ1) is 23.0. The van der Waals surface area contributed by atoms with Crippen LogP contribution in [-0.2, 0) is 27.8 Å². The molecule has 1 aromatic carbocycles. The predicted octanol–water partition coefficient (Wildman–Crippen LogP) is 3.53. The molecule has 10 heteroatoms. The first-order valence-corrected chi connectivity index (χ1v) is 13.1. The molecule has 2 atom stereocenters. The van der Waals surface area contributed by atoms with Crippen molar-refractivity contribution in [3.63, 3.8) is 0 Å². The van der Waals surface area contributed by atoms with Crippen molar-refractivity contribution in [3.8, 4) is 0 Å². The van der Waals surface area contributed by atoms with Crippen LogP contribution in [0.5, 0.6) is 0 Å². The SMILES string of the molecule is C[C@@H]1CN(Cc2ccc3c(N)ccnc3c2)C(=O)[C@H](C)N1S(=O)(=O)CCc1ccc(Cl)s1. The number of piperazine rings is 1. The Kier molecular flexibility index (Phi) is 6.44. The molecule has 1 saturated heterocycles. The van der Waals surface area contributed by atoms with Crippen LogP contribution >= 0.6 is 22.9 Å². The van der Waals surface area contributed by atoms with Crippen molar-refractivity contribution in [2.24, 2.45) is 0 Å². The molecule has 0 spiro atoms. The summed E-state index contributed by atoms with van der Waals surface area (Å²) >= 11 is 7.32. The molecule has 7 nitrogen and oxygen atoms in total. The van der Waals surface area contributed by atoms with Crippen molar-refractivity contribution < 1.29 is 13.2 Å². The van der Waals surface area contributed by atoms with E-state index in [-0.39, 0.29) is 17.7 Å². The number of hydrogen-bond acceptors (Lipinski definition) is 6. The number of rotatable bonds is 6. The molecule has 1 fully saturated rings. The zero-order chi connectivity index (χ0) is 23.0. The van der Waals surface area contributed by atoms with Gasteiger partial charge < -0.3 is 10.6 Å². The van der Waals surface area contributed by atoms with Crippen molar-refractivity contribution >= 4 is 55.5 Å². The van der Waals surface area contributed by atoms with Crippen molar-refractivity contribution in [1.82, 2.24) is 14.2 Å². The van der Waals surface area contributed by atoms with E-state index in [0.717, 1.165) is 21.3 Å². The van der Waals surface area contributed by atoms with Crippen molar-refractivity contribution in [1.29, 1.82) is 0 Å². The van der Waals surface area contributed by atoms with Crippen LogP contribution in [0.2, 0.25) is 4.34 Å². The fraction of sp³-hybridized carbons (Fsp3) is 0.364. The normalized spacial score (nSPS) is 20.2. The molecule has 1 amide bonds. The molecule has 170 valence electrons. The monoisotopic (exact) mass is 492 g/mol. The Morgan fingerprint density at radius 3 is 2.72 bits per heavy atom. The number of sulfonamides is 1. The Bertz CT molecular complexity index is 1260. The highest BCUT2D eigenvalue weighted by Crippen LogP contribution is 2.27. The highest BCUT2D eigenvalue weighted by atomic mass is 35.5. The van der Waals surface area contributed by atoms with E-state index in [1.807, 2.05) is 31.2 Å². The summed E-state index contributed by atoms with van der Waals surface area (Å²) < 4.78 is 28.2. The number of fused-ring (bicyclic) bond motifs is 1. The molecule has 2 N–H and O–H groups in total. The molecule has 4 rings (SSSR count). The highest BCUT2D eigenvalue weighted by molar-refractivity contribution is 7.89. The molecule has 0 radical (unpaired) electrons. The van der Waals surface area contributed by atoms with Gasteiger partial charge in [-0.3, -0.25) is 9.78 Å². The summed E-state index contributed by atoms with van der Waals surface area (Å²) in [4.78, 5) is 20.1.